The summed E-state index contributed by atoms with van der Waals surface area (Å²) in [4.78, 5) is 37.4. The van der Waals surface area contributed by atoms with Crippen molar-refractivity contribution in [3.8, 4) is 0 Å². The summed E-state index contributed by atoms with van der Waals surface area (Å²) in [7, 11) is 0. The minimum atomic E-state index is -0.612. The number of imide groups is 1. The number of carbonyl (C=O) groups is 3. The maximum Gasteiger partial charge on any atom is 0.348 e. The molecule has 0 aromatic carbocycles. The van der Waals surface area contributed by atoms with Gasteiger partial charge in [-0.05, 0) is 49.7 Å². The van der Waals surface area contributed by atoms with Gasteiger partial charge < -0.3 is 10.1 Å². The van der Waals surface area contributed by atoms with E-state index in [1.54, 1.807) is 0 Å². The average Bonchev–Trinajstić information content (AvgIpc) is 3.21. The fourth-order valence-electron chi connectivity index (χ4n) is 3.46. The molecule has 7 heteroatoms. The van der Waals surface area contributed by atoms with Crippen molar-refractivity contribution >= 4 is 29.2 Å². The number of aryl methyl sites for hydroxylation is 1. The van der Waals surface area contributed by atoms with E-state index >= 15 is 0 Å². The van der Waals surface area contributed by atoms with Gasteiger partial charge in [0.1, 0.15) is 4.88 Å². The molecule has 0 spiro atoms. The number of hydrogen-bond donors (Lipinski definition) is 2. The average molecular weight is 364 g/mol. The van der Waals surface area contributed by atoms with Crippen LogP contribution in [0.3, 0.4) is 0 Å². The Labute approximate surface area is 151 Å². The van der Waals surface area contributed by atoms with Gasteiger partial charge in [-0.15, -0.1) is 11.3 Å². The number of carbonyl (C=O) groups excluding carboxylic acids is 3. The second kappa shape index (κ2) is 7.99. The lowest BCUT2D eigenvalue weighted by molar-refractivity contribution is -0.123. The normalized spacial score (nSPS) is 20.0. The van der Waals surface area contributed by atoms with Crippen LogP contribution in [0.15, 0.2) is 6.07 Å². The molecule has 2 N–H and O–H groups in total. The number of fused-ring (bicyclic) bond motifs is 1. The Morgan fingerprint density at radius 1 is 1.24 bits per heavy atom. The summed E-state index contributed by atoms with van der Waals surface area (Å²) in [5, 5.41) is 4.96. The summed E-state index contributed by atoms with van der Waals surface area (Å²) in [6, 6.07) is 1.49. The number of ether oxygens (including phenoxy) is 1. The Balaban J connectivity index is 1.44. The Hall–Kier alpha value is -1.89. The van der Waals surface area contributed by atoms with Crippen LogP contribution in [0.4, 0.5) is 4.79 Å². The Kier molecular flexibility index (Phi) is 5.73. The van der Waals surface area contributed by atoms with E-state index in [9.17, 15) is 14.4 Å². The Morgan fingerprint density at radius 3 is 2.76 bits per heavy atom. The highest BCUT2D eigenvalue weighted by atomic mass is 32.1. The van der Waals surface area contributed by atoms with Crippen molar-refractivity contribution in [1.29, 1.82) is 0 Å². The predicted octanol–water partition coefficient (Wildman–Crippen LogP) is 2.80. The van der Waals surface area contributed by atoms with Crippen LogP contribution in [-0.2, 0) is 22.4 Å². The van der Waals surface area contributed by atoms with Crippen molar-refractivity contribution in [3.63, 3.8) is 0 Å². The number of rotatable bonds is 4. The topological polar surface area (TPSA) is 84.5 Å². The van der Waals surface area contributed by atoms with Gasteiger partial charge in [0.25, 0.3) is 5.91 Å². The van der Waals surface area contributed by atoms with E-state index in [0.29, 0.717) is 10.8 Å². The molecule has 1 fully saturated rings. The highest BCUT2D eigenvalue weighted by Gasteiger charge is 2.22. The molecule has 1 saturated carbocycles. The number of amides is 3. The highest BCUT2D eigenvalue weighted by Crippen LogP contribution is 2.32. The molecule has 0 radical (unpaired) electrons. The van der Waals surface area contributed by atoms with Crippen LogP contribution in [0, 0.1) is 5.92 Å². The molecule has 2 aliphatic rings. The van der Waals surface area contributed by atoms with Crippen LogP contribution < -0.4 is 10.6 Å². The molecule has 6 nitrogen and oxygen atoms in total. The molecule has 1 atom stereocenters. The summed E-state index contributed by atoms with van der Waals surface area (Å²) < 4.78 is 5.04. The molecule has 3 rings (SSSR count). The van der Waals surface area contributed by atoms with E-state index in [0.717, 1.165) is 44.9 Å². The zero-order valence-electron chi connectivity index (χ0n) is 14.4. The minimum Gasteiger partial charge on any atom is -0.451 e. The van der Waals surface area contributed by atoms with E-state index in [1.165, 1.54) is 21.8 Å². The fourth-order valence-corrected chi connectivity index (χ4v) is 4.57. The summed E-state index contributed by atoms with van der Waals surface area (Å²) in [5.74, 6) is -0.479. The van der Waals surface area contributed by atoms with Crippen molar-refractivity contribution in [2.45, 2.75) is 57.9 Å². The molecule has 1 heterocycles. The number of thiophene rings is 1. The van der Waals surface area contributed by atoms with Gasteiger partial charge in [-0.3, -0.25) is 10.1 Å². The first-order chi connectivity index (χ1) is 12.0. The first-order valence-electron chi connectivity index (χ1n) is 8.90. The third kappa shape index (κ3) is 4.81. The van der Waals surface area contributed by atoms with Crippen LogP contribution in [0.5, 0.6) is 0 Å². The molecule has 0 saturated heterocycles. The summed E-state index contributed by atoms with van der Waals surface area (Å²) in [6.07, 6.45) is 7.20. The first kappa shape index (κ1) is 17.9. The molecule has 25 heavy (non-hydrogen) atoms. The van der Waals surface area contributed by atoms with E-state index in [2.05, 4.69) is 17.6 Å². The molecular formula is C18H24N2O4S. The van der Waals surface area contributed by atoms with Crippen molar-refractivity contribution in [2.75, 3.05) is 6.61 Å². The van der Waals surface area contributed by atoms with Gasteiger partial charge in [0, 0.05) is 10.9 Å². The third-order valence-electron chi connectivity index (χ3n) is 4.81. The van der Waals surface area contributed by atoms with Gasteiger partial charge >= 0.3 is 12.0 Å². The van der Waals surface area contributed by atoms with Crippen LogP contribution in [0.1, 0.15) is 59.1 Å². The lowest BCUT2D eigenvalue weighted by Crippen LogP contribution is -2.44. The van der Waals surface area contributed by atoms with Gasteiger partial charge in [0.15, 0.2) is 6.61 Å². The highest BCUT2D eigenvalue weighted by molar-refractivity contribution is 7.14. The van der Waals surface area contributed by atoms with Crippen molar-refractivity contribution in [3.05, 3.63) is 21.4 Å². The molecule has 1 aromatic heterocycles. The smallest absolute Gasteiger partial charge is 0.348 e. The van der Waals surface area contributed by atoms with Crippen LogP contribution >= 0.6 is 11.3 Å². The maximum atomic E-state index is 12.1. The molecular weight excluding hydrogens is 340 g/mol. The van der Waals surface area contributed by atoms with Gasteiger partial charge in [-0.1, -0.05) is 19.8 Å². The van der Waals surface area contributed by atoms with Gasteiger partial charge in [0.2, 0.25) is 0 Å². The molecule has 1 aromatic rings. The quantitative estimate of drug-likeness (QED) is 0.805. The molecule has 3 amide bonds. The van der Waals surface area contributed by atoms with Crippen LogP contribution in [-0.4, -0.2) is 30.6 Å². The predicted molar refractivity (Wildman–Crippen MR) is 94.7 cm³/mol. The second-order valence-corrected chi connectivity index (χ2v) is 8.12. The fraction of sp³-hybridized carbons (Fsp3) is 0.611. The Bertz CT molecular complexity index is 664. The Morgan fingerprint density at radius 2 is 2.00 bits per heavy atom. The second-order valence-electron chi connectivity index (χ2n) is 6.99. The summed E-state index contributed by atoms with van der Waals surface area (Å²) in [5.41, 5.74) is 1.22. The zero-order chi connectivity index (χ0) is 17.8. The number of hydrogen-bond acceptors (Lipinski definition) is 5. The van der Waals surface area contributed by atoms with Crippen molar-refractivity contribution < 1.29 is 19.1 Å². The first-order valence-corrected chi connectivity index (χ1v) is 9.72. The van der Waals surface area contributed by atoms with Crippen molar-refractivity contribution in [2.24, 2.45) is 5.92 Å². The monoisotopic (exact) mass is 364 g/mol. The largest absolute Gasteiger partial charge is 0.451 e. The van der Waals surface area contributed by atoms with Crippen LogP contribution in [0.25, 0.3) is 0 Å². The number of esters is 1. The van der Waals surface area contributed by atoms with Crippen LogP contribution in [0.2, 0.25) is 0 Å². The van der Waals surface area contributed by atoms with Gasteiger partial charge in [-0.25, -0.2) is 9.59 Å². The molecule has 136 valence electrons. The molecule has 2 aliphatic carbocycles. The molecule has 0 aliphatic heterocycles. The third-order valence-corrected chi connectivity index (χ3v) is 6.03. The minimum absolute atomic E-state index is 0.134. The lowest BCUT2D eigenvalue weighted by Gasteiger charge is -2.16. The summed E-state index contributed by atoms with van der Waals surface area (Å²) in [6.45, 7) is 1.76. The standard InChI is InChI=1S/C18H24N2O4S/c1-11-6-7-14-12(8-11)9-15(25-14)17(22)24-10-16(21)20-18(23)19-13-4-2-3-5-13/h9,11,13H,2-8,10H2,1H3,(H2,19,20,21,23)/t11-/m0/s1. The summed E-state index contributed by atoms with van der Waals surface area (Å²) >= 11 is 1.45. The maximum absolute atomic E-state index is 12.1. The SMILES string of the molecule is C[C@H]1CCc2sc(C(=O)OCC(=O)NC(=O)NC3CCCC3)cc2C1. The van der Waals surface area contributed by atoms with E-state index in [1.807, 2.05) is 6.07 Å². The van der Waals surface area contributed by atoms with Gasteiger partial charge in [-0.2, -0.15) is 0 Å². The zero-order valence-corrected chi connectivity index (χ0v) is 15.2. The number of nitrogens with one attached hydrogen (secondary N) is 2. The molecule has 0 unspecified atom stereocenters. The van der Waals surface area contributed by atoms with E-state index in [-0.39, 0.29) is 6.04 Å². The van der Waals surface area contributed by atoms with Gasteiger partial charge in [0.05, 0.1) is 0 Å². The van der Waals surface area contributed by atoms with Crippen molar-refractivity contribution in [1.82, 2.24) is 10.6 Å². The lowest BCUT2D eigenvalue weighted by atomic mass is 9.90. The van der Waals surface area contributed by atoms with E-state index in [4.69, 9.17) is 4.74 Å². The number of urea groups is 1. The van der Waals surface area contributed by atoms with E-state index < -0.39 is 24.5 Å². The molecule has 0 bridgehead atoms.